The zero-order chi connectivity index (χ0) is 21.4. The van der Waals surface area contributed by atoms with E-state index in [2.05, 4.69) is 5.18 Å². The molecule has 0 saturated carbocycles. The summed E-state index contributed by atoms with van der Waals surface area (Å²) in [6.45, 7) is 0. The van der Waals surface area contributed by atoms with Gasteiger partial charge in [0.25, 0.3) is 5.91 Å². The lowest BCUT2D eigenvalue weighted by atomic mass is 9.76. The number of rotatable bonds is 4. The van der Waals surface area contributed by atoms with Crippen LogP contribution in [0.25, 0.3) is 0 Å². The highest BCUT2D eigenvalue weighted by Crippen LogP contribution is 2.51. The number of hydrogen-bond acceptors (Lipinski definition) is 4. The van der Waals surface area contributed by atoms with Gasteiger partial charge in [-0.05, 0) is 64.3 Å². The van der Waals surface area contributed by atoms with Gasteiger partial charge in [0.2, 0.25) is 0 Å². The Balaban J connectivity index is 1.90. The van der Waals surface area contributed by atoms with Crippen molar-refractivity contribution in [3.8, 4) is 5.75 Å². The summed E-state index contributed by atoms with van der Waals surface area (Å²) in [7, 11) is 0. The number of para-hydroxylation sites is 1. The highest BCUT2D eigenvalue weighted by atomic mass is 16.3. The van der Waals surface area contributed by atoms with Crippen LogP contribution in [0.15, 0.2) is 108 Å². The fourth-order valence-corrected chi connectivity index (χ4v) is 4.47. The van der Waals surface area contributed by atoms with E-state index in [-0.39, 0.29) is 11.7 Å². The second-order valence-electron chi connectivity index (χ2n) is 7.42. The quantitative estimate of drug-likeness (QED) is 0.439. The van der Waals surface area contributed by atoms with E-state index in [0.29, 0.717) is 11.3 Å². The molecule has 5 nitrogen and oxygen atoms in total. The largest absolute Gasteiger partial charge is 0.508 e. The maximum absolute atomic E-state index is 13.8. The normalized spacial score (nSPS) is 17.4. The van der Waals surface area contributed by atoms with Crippen molar-refractivity contribution in [1.82, 2.24) is 0 Å². The summed E-state index contributed by atoms with van der Waals surface area (Å²) < 4.78 is 0. The van der Waals surface area contributed by atoms with Crippen LogP contribution in [-0.4, -0.2) is 11.0 Å². The molecule has 0 fully saturated rings. The SMILES string of the molecule is O=Nc1ccc(C2(c3ccc(O)cc3)c3ccccc3C(=O)N2c2ccccc2)cc1. The molecule has 0 aromatic heterocycles. The number of nitroso groups, excluding NO2 is 1. The maximum atomic E-state index is 13.8. The van der Waals surface area contributed by atoms with Gasteiger partial charge in [-0.1, -0.05) is 60.7 Å². The summed E-state index contributed by atoms with van der Waals surface area (Å²) in [5, 5.41) is 12.9. The van der Waals surface area contributed by atoms with Crippen molar-refractivity contribution >= 4 is 17.3 Å². The third-order valence-corrected chi connectivity index (χ3v) is 5.78. The standard InChI is InChI=1S/C26H18N2O3/c29-22-16-12-19(13-17-22)26(18-10-14-20(27-31)15-11-18)24-9-5-4-8-23(24)25(30)28(26)21-6-2-1-3-7-21/h1-17,29H. The van der Waals surface area contributed by atoms with Crippen molar-refractivity contribution in [3.63, 3.8) is 0 Å². The Kier molecular flexibility index (Phi) is 4.37. The molecule has 0 aliphatic carbocycles. The van der Waals surface area contributed by atoms with E-state index in [4.69, 9.17) is 0 Å². The van der Waals surface area contributed by atoms with Crippen molar-refractivity contribution in [2.45, 2.75) is 5.54 Å². The van der Waals surface area contributed by atoms with Crippen LogP contribution in [0.1, 0.15) is 27.0 Å². The number of carbonyl (C=O) groups excluding carboxylic acids is 1. The van der Waals surface area contributed by atoms with Crippen LogP contribution >= 0.6 is 0 Å². The predicted molar refractivity (Wildman–Crippen MR) is 120 cm³/mol. The van der Waals surface area contributed by atoms with Gasteiger partial charge >= 0.3 is 0 Å². The zero-order valence-corrected chi connectivity index (χ0v) is 16.5. The third-order valence-electron chi connectivity index (χ3n) is 5.78. The van der Waals surface area contributed by atoms with Crippen molar-refractivity contribution in [2.24, 2.45) is 5.18 Å². The summed E-state index contributed by atoms with van der Waals surface area (Å²) in [6, 6.07) is 30.9. The van der Waals surface area contributed by atoms with E-state index in [1.807, 2.05) is 78.9 Å². The first-order valence-corrected chi connectivity index (χ1v) is 9.89. The van der Waals surface area contributed by atoms with Gasteiger partial charge in [-0.3, -0.25) is 9.69 Å². The molecule has 1 atom stereocenters. The number of aromatic hydroxyl groups is 1. The summed E-state index contributed by atoms with van der Waals surface area (Å²) in [5.74, 6) is 0.0238. The smallest absolute Gasteiger partial charge is 0.260 e. The molecule has 1 heterocycles. The van der Waals surface area contributed by atoms with Gasteiger partial charge in [0, 0.05) is 11.3 Å². The molecular weight excluding hydrogens is 388 g/mol. The lowest BCUT2D eigenvalue weighted by Crippen LogP contribution is -2.46. The van der Waals surface area contributed by atoms with Gasteiger partial charge in [0.15, 0.2) is 0 Å². The monoisotopic (exact) mass is 406 g/mol. The van der Waals surface area contributed by atoms with Gasteiger partial charge in [0.05, 0.1) is 0 Å². The second-order valence-corrected chi connectivity index (χ2v) is 7.42. The van der Waals surface area contributed by atoms with Crippen LogP contribution in [-0.2, 0) is 5.54 Å². The summed E-state index contributed by atoms with van der Waals surface area (Å²) in [4.78, 5) is 26.6. The van der Waals surface area contributed by atoms with E-state index in [0.717, 1.165) is 22.4 Å². The molecule has 0 bridgehead atoms. The molecule has 1 aliphatic heterocycles. The van der Waals surface area contributed by atoms with Crippen molar-refractivity contribution < 1.29 is 9.90 Å². The minimum atomic E-state index is -0.982. The Morgan fingerprint density at radius 3 is 1.94 bits per heavy atom. The van der Waals surface area contributed by atoms with Crippen LogP contribution in [0.2, 0.25) is 0 Å². The topological polar surface area (TPSA) is 70.0 Å². The minimum Gasteiger partial charge on any atom is -0.508 e. The Labute approximate surface area is 179 Å². The predicted octanol–water partition coefficient (Wildman–Crippen LogP) is 5.74. The number of nitrogens with zero attached hydrogens (tertiary/aromatic N) is 2. The average Bonchev–Trinajstić information content (AvgIpc) is 3.10. The highest BCUT2D eigenvalue weighted by Gasteiger charge is 2.52. The Hall–Kier alpha value is -4.25. The lowest BCUT2D eigenvalue weighted by Gasteiger charge is -2.40. The maximum Gasteiger partial charge on any atom is 0.260 e. The van der Waals surface area contributed by atoms with Gasteiger partial charge in [-0.15, -0.1) is 4.91 Å². The van der Waals surface area contributed by atoms with Gasteiger partial charge in [-0.2, -0.15) is 0 Å². The fourth-order valence-electron chi connectivity index (χ4n) is 4.47. The number of phenolic OH excluding ortho intramolecular Hbond substituents is 1. The molecular formula is C26H18N2O3. The molecule has 0 spiro atoms. The summed E-state index contributed by atoms with van der Waals surface area (Å²) in [5.41, 5.74) is 3.15. The molecule has 1 unspecified atom stereocenters. The van der Waals surface area contributed by atoms with Crippen LogP contribution in [0, 0.1) is 4.91 Å². The first kappa shape index (κ1) is 18.8. The van der Waals surface area contributed by atoms with E-state index in [1.165, 1.54) is 0 Å². The van der Waals surface area contributed by atoms with E-state index in [1.54, 1.807) is 29.2 Å². The molecule has 0 saturated heterocycles. The zero-order valence-electron chi connectivity index (χ0n) is 16.5. The lowest BCUT2D eigenvalue weighted by molar-refractivity contribution is 0.0986. The number of phenols is 1. The van der Waals surface area contributed by atoms with Gasteiger partial charge in [-0.25, -0.2) is 0 Å². The summed E-state index contributed by atoms with van der Waals surface area (Å²) in [6.07, 6.45) is 0. The molecule has 4 aromatic rings. The highest BCUT2D eigenvalue weighted by molar-refractivity contribution is 6.13. The number of hydrogen-bond donors (Lipinski definition) is 1. The molecule has 1 aliphatic rings. The molecule has 0 radical (unpaired) electrons. The number of carbonyl (C=O) groups is 1. The van der Waals surface area contributed by atoms with Gasteiger partial charge in [0.1, 0.15) is 17.0 Å². The third kappa shape index (κ3) is 2.74. The molecule has 5 heteroatoms. The number of amides is 1. The van der Waals surface area contributed by atoms with E-state index in [9.17, 15) is 14.8 Å². The van der Waals surface area contributed by atoms with Crippen LogP contribution < -0.4 is 4.90 Å². The van der Waals surface area contributed by atoms with Crippen LogP contribution in [0.5, 0.6) is 5.75 Å². The Bertz CT molecular complexity index is 1270. The second kappa shape index (κ2) is 7.22. The molecule has 31 heavy (non-hydrogen) atoms. The van der Waals surface area contributed by atoms with Crippen molar-refractivity contribution in [1.29, 1.82) is 0 Å². The van der Waals surface area contributed by atoms with E-state index < -0.39 is 5.54 Å². The molecule has 150 valence electrons. The van der Waals surface area contributed by atoms with Crippen molar-refractivity contribution in [2.75, 3.05) is 4.90 Å². The molecule has 5 rings (SSSR count). The Morgan fingerprint density at radius 1 is 0.710 bits per heavy atom. The van der Waals surface area contributed by atoms with Gasteiger partial charge < -0.3 is 5.11 Å². The van der Waals surface area contributed by atoms with Crippen LogP contribution in [0.3, 0.4) is 0 Å². The number of fused-ring (bicyclic) bond motifs is 1. The number of benzene rings is 4. The Morgan fingerprint density at radius 2 is 1.29 bits per heavy atom. The van der Waals surface area contributed by atoms with E-state index >= 15 is 0 Å². The number of anilines is 1. The minimum absolute atomic E-state index is 0.118. The molecule has 1 N–H and O–H groups in total. The molecule has 1 amide bonds. The first-order chi connectivity index (χ1) is 15.2. The van der Waals surface area contributed by atoms with Crippen molar-refractivity contribution in [3.05, 3.63) is 130 Å². The summed E-state index contributed by atoms with van der Waals surface area (Å²) >= 11 is 0. The average molecular weight is 406 g/mol. The molecule has 4 aromatic carbocycles. The van der Waals surface area contributed by atoms with Crippen LogP contribution in [0.4, 0.5) is 11.4 Å². The first-order valence-electron chi connectivity index (χ1n) is 9.89. The fraction of sp³-hybridized carbons (Fsp3) is 0.0385.